The summed E-state index contributed by atoms with van der Waals surface area (Å²) in [6, 6.07) is 16.3. The molecule has 0 atom stereocenters. The zero-order valence-electron chi connectivity index (χ0n) is 12.3. The number of unbranched alkanes of at least 4 members (excludes halogenated alkanes) is 1. The average molecular weight is 280 g/mol. The van der Waals surface area contributed by atoms with E-state index in [2.05, 4.69) is 31.2 Å². The second-order valence-corrected chi connectivity index (χ2v) is 5.26. The first kappa shape index (κ1) is 13.9. The van der Waals surface area contributed by atoms with Gasteiger partial charge in [-0.15, -0.1) is 0 Å². The summed E-state index contributed by atoms with van der Waals surface area (Å²) in [5.41, 5.74) is 0.976. The lowest BCUT2D eigenvalue weighted by Crippen LogP contribution is -2.00. The lowest BCUT2D eigenvalue weighted by molar-refractivity contribution is 0.284. The molecule has 1 N–H and O–H groups in total. The minimum Gasteiger partial charge on any atom is -0.492 e. The summed E-state index contributed by atoms with van der Waals surface area (Å²) < 4.78 is 6.09. The van der Waals surface area contributed by atoms with E-state index in [4.69, 9.17) is 4.74 Å². The molecule has 0 amide bonds. The minimum absolute atomic E-state index is 0.0380. The van der Waals surface area contributed by atoms with Gasteiger partial charge in [0, 0.05) is 10.8 Å². The minimum atomic E-state index is 0.0380. The van der Waals surface area contributed by atoms with Crippen molar-refractivity contribution in [2.75, 3.05) is 6.61 Å². The van der Waals surface area contributed by atoms with Gasteiger partial charge in [-0.05, 0) is 22.8 Å². The zero-order chi connectivity index (χ0) is 14.7. The topological polar surface area (TPSA) is 29.5 Å². The maximum Gasteiger partial charge on any atom is 0.134 e. The van der Waals surface area contributed by atoms with Gasteiger partial charge in [-0.25, -0.2) is 0 Å². The van der Waals surface area contributed by atoms with Gasteiger partial charge in [-0.2, -0.15) is 0 Å². The maximum absolute atomic E-state index is 9.80. The van der Waals surface area contributed by atoms with Gasteiger partial charge < -0.3 is 9.84 Å². The van der Waals surface area contributed by atoms with Crippen LogP contribution >= 0.6 is 0 Å². The van der Waals surface area contributed by atoms with Crippen LogP contribution in [0.1, 0.15) is 25.3 Å². The Labute approximate surface area is 125 Å². The fourth-order valence-corrected chi connectivity index (χ4v) is 2.82. The molecular weight excluding hydrogens is 260 g/mol. The number of aliphatic hydroxyl groups excluding tert-OH is 1. The third kappa shape index (κ3) is 2.47. The molecule has 3 rings (SSSR count). The zero-order valence-corrected chi connectivity index (χ0v) is 12.3. The second-order valence-electron chi connectivity index (χ2n) is 5.26. The van der Waals surface area contributed by atoms with Crippen molar-refractivity contribution in [1.82, 2.24) is 0 Å². The summed E-state index contributed by atoms with van der Waals surface area (Å²) in [4.78, 5) is 0. The van der Waals surface area contributed by atoms with Crippen LogP contribution in [-0.4, -0.2) is 11.7 Å². The monoisotopic (exact) mass is 280 g/mol. The van der Waals surface area contributed by atoms with Crippen LogP contribution in [0.2, 0.25) is 0 Å². The van der Waals surface area contributed by atoms with E-state index in [1.165, 1.54) is 0 Å². The van der Waals surface area contributed by atoms with E-state index in [1.54, 1.807) is 0 Å². The Kier molecular flexibility index (Phi) is 4.07. The number of fused-ring (bicyclic) bond motifs is 2. The summed E-state index contributed by atoms with van der Waals surface area (Å²) >= 11 is 0. The molecule has 0 fully saturated rings. The number of rotatable bonds is 5. The highest BCUT2D eigenvalue weighted by Gasteiger charge is 2.13. The third-order valence-corrected chi connectivity index (χ3v) is 3.90. The Balaban J connectivity index is 2.30. The van der Waals surface area contributed by atoms with Crippen molar-refractivity contribution in [1.29, 1.82) is 0 Å². The lowest BCUT2D eigenvalue weighted by Gasteiger charge is -2.16. The summed E-state index contributed by atoms with van der Waals surface area (Å²) in [7, 11) is 0. The molecule has 0 saturated carbocycles. The predicted octanol–water partition coefficient (Wildman–Crippen LogP) is 4.66. The van der Waals surface area contributed by atoms with Crippen molar-refractivity contribution in [3.63, 3.8) is 0 Å². The first-order valence-corrected chi connectivity index (χ1v) is 7.52. The van der Waals surface area contributed by atoms with Crippen LogP contribution in [0.25, 0.3) is 21.5 Å². The fraction of sp³-hybridized carbons (Fsp3) is 0.263. The maximum atomic E-state index is 9.80. The van der Waals surface area contributed by atoms with Crippen LogP contribution in [0.4, 0.5) is 0 Å². The van der Waals surface area contributed by atoms with Gasteiger partial charge >= 0.3 is 0 Å². The number of hydrogen-bond donors (Lipinski definition) is 1. The Morgan fingerprint density at radius 3 is 1.86 bits per heavy atom. The van der Waals surface area contributed by atoms with Gasteiger partial charge in [-0.1, -0.05) is 61.9 Å². The molecule has 0 radical (unpaired) electrons. The summed E-state index contributed by atoms with van der Waals surface area (Å²) in [5, 5.41) is 14.1. The molecule has 0 aliphatic carbocycles. The number of aliphatic hydroxyl groups is 1. The molecule has 2 nitrogen and oxygen atoms in total. The molecule has 0 aliphatic heterocycles. The SMILES string of the molecule is CCCCOc1c2ccccc2c(CO)c2ccccc12. The van der Waals surface area contributed by atoms with Crippen LogP contribution in [0, 0.1) is 0 Å². The van der Waals surface area contributed by atoms with E-state index in [9.17, 15) is 5.11 Å². The molecule has 0 spiro atoms. The molecule has 3 aromatic carbocycles. The summed E-state index contributed by atoms with van der Waals surface area (Å²) in [6.07, 6.45) is 2.16. The van der Waals surface area contributed by atoms with Crippen LogP contribution < -0.4 is 4.74 Å². The van der Waals surface area contributed by atoms with E-state index in [1.807, 2.05) is 24.3 Å². The number of hydrogen-bond acceptors (Lipinski definition) is 2. The van der Waals surface area contributed by atoms with Gasteiger partial charge in [-0.3, -0.25) is 0 Å². The van der Waals surface area contributed by atoms with Gasteiger partial charge in [0.1, 0.15) is 5.75 Å². The first-order chi connectivity index (χ1) is 10.4. The van der Waals surface area contributed by atoms with Crippen LogP contribution in [0.15, 0.2) is 48.5 Å². The van der Waals surface area contributed by atoms with E-state index >= 15 is 0 Å². The molecular formula is C19H20O2. The van der Waals surface area contributed by atoms with Crippen LogP contribution in [0.5, 0.6) is 5.75 Å². The normalized spacial score (nSPS) is 11.1. The highest BCUT2D eigenvalue weighted by molar-refractivity contribution is 6.08. The predicted molar refractivity (Wildman–Crippen MR) is 87.8 cm³/mol. The fourth-order valence-electron chi connectivity index (χ4n) is 2.82. The van der Waals surface area contributed by atoms with E-state index in [0.29, 0.717) is 0 Å². The molecule has 0 bridgehead atoms. The smallest absolute Gasteiger partial charge is 0.134 e. The standard InChI is InChI=1S/C19H20O2/c1-2-3-12-21-19-16-10-6-4-8-14(16)18(13-20)15-9-5-7-11-17(15)19/h4-11,20H,2-3,12-13H2,1H3. The number of ether oxygens (including phenoxy) is 1. The molecule has 108 valence electrons. The van der Waals surface area contributed by atoms with E-state index in [0.717, 1.165) is 52.3 Å². The molecule has 0 saturated heterocycles. The Hall–Kier alpha value is -2.06. The Bertz CT molecular complexity index is 705. The van der Waals surface area contributed by atoms with Gasteiger partial charge in [0.25, 0.3) is 0 Å². The molecule has 3 aromatic rings. The average Bonchev–Trinajstić information content (AvgIpc) is 2.54. The highest BCUT2D eigenvalue weighted by atomic mass is 16.5. The van der Waals surface area contributed by atoms with Crippen LogP contribution in [-0.2, 0) is 6.61 Å². The lowest BCUT2D eigenvalue weighted by atomic mass is 9.96. The summed E-state index contributed by atoms with van der Waals surface area (Å²) in [6.45, 7) is 2.92. The van der Waals surface area contributed by atoms with E-state index < -0.39 is 0 Å². The van der Waals surface area contributed by atoms with Gasteiger partial charge in [0.05, 0.1) is 13.2 Å². The Morgan fingerprint density at radius 1 is 0.857 bits per heavy atom. The molecule has 0 unspecified atom stereocenters. The van der Waals surface area contributed by atoms with Crippen LogP contribution in [0.3, 0.4) is 0 Å². The Morgan fingerprint density at radius 2 is 1.38 bits per heavy atom. The van der Waals surface area contributed by atoms with Crippen molar-refractivity contribution in [2.45, 2.75) is 26.4 Å². The molecule has 21 heavy (non-hydrogen) atoms. The number of benzene rings is 3. The summed E-state index contributed by atoms with van der Waals surface area (Å²) in [5.74, 6) is 0.937. The molecule has 0 aromatic heterocycles. The largest absolute Gasteiger partial charge is 0.492 e. The molecule has 0 aliphatic rings. The van der Waals surface area contributed by atoms with Gasteiger partial charge in [0.15, 0.2) is 0 Å². The van der Waals surface area contributed by atoms with Crippen molar-refractivity contribution < 1.29 is 9.84 Å². The van der Waals surface area contributed by atoms with Crippen molar-refractivity contribution in [2.24, 2.45) is 0 Å². The van der Waals surface area contributed by atoms with Crippen molar-refractivity contribution >= 4 is 21.5 Å². The first-order valence-electron chi connectivity index (χ1n) is 7.52. The van der Waals surface area contributed by atoms with Gasteiger partial charge in [0.2, 0.25) is 0 Å². The quantitative estimate of drug-likeness (QED) is 0.544. The van der Waals surface area contributed by atoms with Crippen molar-refractivity contribution in [3.05, 3.63) is 54.1 Å². The third-order valence-electron chi connectivity index (χ3n) is 3.90. The second kappa shape index (κ2) is 6.15. The van der Waals surface area contributed by atoms with E-state index in [-0.39, 0.29) is 6.61 Å². The molecule has 2 heteroatoms. The van der Waals surface area contributed by atoms with Crippen molar-refractivity contribution in [3.8, 4) is 5.75 Å². The highest BCUT2D eigenvalue weighted by Crippen LogP contribution is 2.38. The molecule has 0 heterocycles.